The molecule has 3 aromatic carbocycles. The Morgan fingerprint density at radius 1 is 0.852 bits per heavy atom. The van der Waals surface area contributed by atoms with E-state index in [2.05, 4.69) is 5.10 Å². The fourth-order valence-electron chi connectivity index (χ4n) is 3.12. The van der Waals surface area contributed by atoms with Crippen molar-refractivity contribution < 1.29 is 4.39 Å². The highest BCUT2D eigenvalue weighted by molar-refractivity contribution is 5.93. The molecule has 0 saturated heterocycles. The van der Waals surface area contributed by atoms with E-state index in [1.54, 1.807) is 18.2 Å². The molecule has 0 aliphatic heterocycles. The molecule has 27 heavy (non-hydrogen) atoms. The number of benzene rings is 3. The van der Waals surface area contributed by atoms with Crippen molar-refractivity contribution in [2.75, 3.05) is 0 Å². The molecule has 4 rings (SSSR count). The second-order valence-corrected chi connectivity index (χ2v) is 6.38. The summed E-state index contributed by atoms with van der Waals surface area (Å²) in [6.45, 7) is 0.746. The lowest BCUT2D eigenvalue weighted by Crippen LogP contribution is -2.24. The zero-order chi connectivity index (χ0) is 18.8. The van der Waals surface area contributed by atoms with Crippen LogP contribution < -0.4 is 11.3 Å². The van der Waals surface area contributed by atoms with Crippen LogP contribution in [-0.4, -0.2) is 9.78 Å². The third-order valence-corrected chi connectivity index (χ3v) is 4.58. The largest absolute Gasteiger partial charge is 0.326 e. The quantitative estimate of drug-likeness (QED) is 0.604. The fraction of sp³-hybridized carbons (Fsp3) is 0.0909. The first-order valence-corrected chi connectivity index (χ1v) is 8.69. The molecule has 0 atom stereocenters. The molecule has 0 saturated carbocycles. The molecule has 0 spiro atoms. The molecule has 0 radical (unpaired) electrons. The second-order valence-electron chi connectivity index (χ2n) is 6.38. The molecule has 1 heterocycles. The van der Waals surface area contributed by atoms with E-state index in [0.717, 1.165) is 27.8 Å². The lowest BCUT2D eigenvalue weighted by atomic mass is 10.0. The van der Waals surface area contributed by atoms with Gasteiger partial charge in [-0.3, -0.25) is 4.79 Å². The monoisotopic (exact) mass is 359 g/mol. The number of halogens is 1. The van der Waals surface area contributed by atoms with Gasteiger partial charge in [-0.15, -0.1) is 0 Å². The van der Waals surface area contributed by atoms with Crippen molar-refractivity contribution in [2.24, 2.45) is 5.73 Å². The Labute approximate surface area is 155 Å². The summed E-state index contributed by atoms with van der Waals surface area (Å²) in [6.07, 6.45) is 0. The Hall–Kier alpha value is -3.31. The Morgan fingerprint density at radius 3 is 2.15 bits per heavy atom. The molecule has 2 N–H and O–H groups in total. The Morgan fingerprint density at radius 2 is 1.48 bits per heavy atom. The Balaban J connectivity index is 1.88. The van der Waals surface area contributed by atoms with Crippen LogP contribution in [0.3, 0.4) is 0 Å². The highest BCUT2D eigenvalue weighted by Gasteiger charge is 2.12. The molecule has 134 valence electrons. The predicted molar refractivity (Wildman–Crippen MR) is 105 cm³/mol. The second kappa shape index (κ2) is 7.13. The van der Waals surface area contributed by atoms with Gasteiger partial charge in [0.1, 0.15) is 5.82 Å². The SMILES string of the molecule is NCc1ccc(-c2nn(Cc3ccc(F)cc3)c(=O)c3ccccc23)cc1. The normalized spacial score (nSPS) is 11.0. The zero-order valence-electron chi connectivity index (χ0n) is 14.6. The van der Waals surface area contributed by atoms with E-state index in [-0.39, 0.29) is 17.9 Å². The lowest BCUT2D eigenvalue weighted by molar-refractivity contribution is 0.621. The molecule has 1 aromatic heterocycles. The van der Waals surface area contributed by atoms with E-state index in [9.17, 15) is 9.18 Å². The van der Waals surface area contributed by atoms with Crippen LogP contribution >= 0.6 is 0 Å². The lowest BCUT2D eigenvalue weighted by Gasteiger charge is -2.12. The van der Waals surface area contributed by atoms with Gasteiger partial charge in [0.25, 0.3) is 5.56 Å². The van der Waals surface area contributed by atoms with E-state index in [1.165, 1.54) is 16.8 Å². The van der Waals surface area contributed by atoms with Crippen LogP contribution in [0.1, 0.15) is 11.1 Å². The van der Waals surface area contributed by atoms with Gasteiger partial charge in [-0.1, -0.05) is 54.6 Å². The first-order valence-electron chi connectivity index (χ1n) is 8.69. The molecular formula is C22H18FN3O. The highest BCUT2D eigenvalue weighted by Crippen LogP contribution is 2.25. The van der Waals surface area contributed by atoms with E-state index >= 15 is 0 Å². The maximum absolute atomic E-state index is 13.2. The van der Waals surface area contributed by atoms with E-state index in [0.29, 0.717) is 11.9 Å². The van der Waals surface area contributed by atoms with Crippen LogP contribution in [0.5, 0.6) is 0 Å². The first-order chi connectivity index (χ1) is 13.2. The van der Waals surface area contributed by atoms with Crippen molar-refractivity contribution >= 4 is 10.8 Å². The topological polar surface area (TPSA) is 60.9 Å². The van der Waals surface area contributed by atoms with Gasteiger partial charge in [-0.05, 0) is 29.3 Å². The Bertz CT molecular complexity index is 1150. The van der Waals surface area contributed by atoms with Crippen LogP contribution in [0.25, 0.3) is 22.0 Å². The van der Waals surface area contributed by atoms with E-state index in [4.69, 9.17) is 5.73 Å². The number of nitrogens with zero attached hydrogens (tertiary/aromatic N) is 2. The number of hydrogen-bond acceptors (Lipinski definition) is 3. The maximum Gasteiger partial charge on any atom is 0.274 e. The molecule has 4 aromatic rings. The summed E-state index contributed by atoms with van der Waals surface area (Å²) in [5.74, 6) is -0.307. The number of fused-ring (bicyclic) bond motifs is 1. The van der Waals surface area contributed by atoms with Crippen LogP contribution in [0, 0.1) is 5.82 Å². The average Bonchev–Trinajstić information content (AvgIpc) is 2.72. The van der Waals surface area contributed by atoms with Gasteiger partial charge in [-0.25, -0.2) is 9.07 Å². The third-order valence-electron chi connectivity index (χ3n) is 4.58. The summed E-state index contributed by atoms with van der Waals surface area (Å²) < 4.78 is 14.6. The molecule has 0 amide bonds. The minimum Gasteiger partial charge on any atom is -0.326 e. The van der Waals surface area contributed by atoms with Crippen molar-refractivity contribution in [1.29, 1.82) is 0 Å². The van der Waals surface area contributed by atoms with Crippen molar-refractivity contribution in [3.63, 3.8) is 0 Å². The van der Waals surface area contributed by atoms with Crippen LogP contribution in [-0.2, 0) is 13.1 Å². The smallest absolute Gasteiger partial charge is 0.274 e. The highest BCUT2D eigenvalue weighted by atomic mass is 19.1. The molecular weight excluding hydrogens is 341 g/mol. The third kappa shape index (κ3) is 3.37. The summed E-state index contributed by atoms with van der Waals surface area (Å²) in [5.41, 5.74) is 9.00. The summed E-state index contributed by atoms with van der Waals surface area (Å²) in [5, 5.41) is 6.03. The summed E-state index contributed by atoms with van der Waals surface area (Å²) in [7, 11) is 0. The standard InChI is InChI=1S/C22H18FN3O/c23-18-11-7-16(8-12-18)14-26-22(27)20-4-2-1-3-19(20)21(25-26)17-9-5-15(13-24)6-10-17/h1-12H,13-14,24H2. The van der Waals surface area contributed by atoms with Crippen molar-refractivity contribution in [2.45, 2.75) is 13.1 Å². The van der Waals surface area contributed by atoms with Crippen molar-refractivity contribution in [1.82, 2.24) is 9.78 Å². The molecule has 4 nitrogen and oxygen atoms in total. The molecule has 5 heteroatoms. The first kappa shape index (κ1) is 17.1. The summed E-state index contributed by atoms with van der Waals surface area (Å²) in [4.78, 5) is 12.9. The van der Waals surface area contributed by atoms with Gasteiger partial charge < -0.3 is 5.73 Å². The predicted octanol–water partition coefficient (Wildman–Crippen LogP) is 3.71. The van der Waals surface area contributed by atoms with Crippen LogP contribution in [0.2, 0.25) is 0 Å². The molecule has 0 bridgehead atoms. The van der Waals surface area contributed by atoms with Gasteiger partial charge in [-0.2, -0.15) is 5.10 Å². The van der Waals surface area contributed by atoms with Gasteiger partial charge in [0.05, 0.1) is 17.6 Å². The average molecular weight is 359 g/mol. The van der Waals surface area contributed by atoms with Crippen LogP contribution in [0.4, 0.5) is 4.39 Å². The fourth-order valence-corrected chi connectivity index (χ4v) is 3.12. The minimum atomic E-state index is -0.307. The maximum atomic E-state index is 13.2. The van der Waals surface area contributed by atoms with Crippen molar-refractivity contribution in [3.05, 3.63) is 100 Å². The van der Waals surface area contributed by atoms with E-state index in [1.807, 2.05) is 42.5 Å². The molecule has 0 aliphatic carbocycles. The van der Waals surface area contributed by atoms with Gasteiger partial charge in [0.2, 0.25) is 0 Å². The molecule has 0 aliphatic rings. The summed E-state index contributed by atoms with van der Waals surface area (Å²) >= 11 is 0. The van der Waals surface area contributed by atoms with Crippen LogP contribution in [0.15, 0.2) is 77.6 Å². The Kier molecular flexibility index (Phi) is 4.52. The van der Waals surface area contributed by atoms with Gasteiger partial charge in [0, 0.05) is 17.5 Å². The number of nitrogens with two attached hydrogens (primary N) is 1. The van der Waals surface area contributed by atoms with Gasteiger partial charge in [0.15, 0.2) is 0 Å². The molecule has 0 unspecified atom stereocenters. The van der Waals surface area contributed by atoms with E-state index < -0.39 is 0 Å². The molecule has 0 fully saturated rings. The minimum absolute atomic E-state index is 0.169. The number of aromatic nitrogens is 2. The summed E-state index contributed by atoms with van der Waals surface area (Å²) in [6, 6.07) is 21.4. The number of rotatable bonds is 4. The zero-order valence-corrected chi connectivity index (χ0v) is 14.6. The van der Waals surface area contributed by atoms with Gasteiger partial charge >= 0.3 is 0 Å². The number of hydrogen-bond donors (Lipinski definition) is 1. The van der Waals surface area contributed by atoms with Crippen molar-refractivity contribution in [3.8, 4) is 11.3 Å².